The number of aromatic amines is 1. The Labute approximate surface area is 113 Å². The van der Waals surface area contributed by atoms with Crippen molar-refractivity contribution in [1.82, 2.24) is 19.9 Å². The molecule has 0 bridgehead atoms. The van der Waals surface area contributed by atoms with Gasteiger partial charge in [0.1, 0.15) is 11.6 Å². The molecule has 2 aromatic heterocycles. The number of hydrogen-bond acceptors (Lipinski definition) is 3. The molecule has 0 fully saturated rings. The van der Waals surface area contributed by atoms with Crippen LogP contribution in [0.25, 0.3) is 11.0 Å². The third-order valence-corrected chi connectivity index (χ3v) is 3.04. The Morgan fingerprint density at radius 1 is 1.21 bits per heavy atom. The van der Waals surface area contributed by atoms with Crippen LogP contribution >= 0.6 is 11.6 Å². The van der Waals surface area contributed by atoms with E-state index in [1.54, 1.807) is 6.92 Å². The first kappa shape index (κ1) is 12.0. The summed E-state index contributed by atoms with van der Waals surface area (Å²) in [6.07, 6.45) is 0.384. The van der Waals surface area contributed by atoms with Crippen molar-refractivity contribution in [2.24, 2.45) is 0 Å². The molecule has 1 aromatic carbocycles. The third-order valence-electron chi connectivity index (χ3n) is 2.79. The van der Waals surface area contributed by atoms with E-state index < -0.39 is 5.82 Å². The number of hydrogen-bond donors (Lipinski definition) is 1. The van der Waals surface area contributed by atoms with Crippen LogP contribution in [0.3, 0.4) is 0 Å². The van der Waals surface area contributed by atoms with Crippen LogP contribution < -0.4 is 0 Å². The second kappa shape index (κ2) is 4.59. The van der Waals surface area contributed by atoms with Crippen LogP contribution in [0.2, 0.25) is 5.15 Å². The van der Waals surface area contributed by atoms with Crippen LogP contribution in [0.5, 0.6) is 0 Å². The van der Waals surface area contributed by atoms with Crippen LogP contribution in [0.15, 0.2) is 24.3 Å². The van der Waals surface area contributed by atoms with Gasteiger partial charge in [-0.15, -0.1) is 0 Å². The highest BCUT2D eigenvalue weighted by Gasteiger charge is 2.11. The second-order valence-electron chi connectivity index (χ2n) is 4.21. The van der Waals surface area contributed by atoms with Crippen molar-refractivity contribution in [3.8, 4) is 0 Å². The summed E-state index contributed by atoms with van der Waals surface area (Å²) < 4.78 is 13.3. The van der Waals surface area contributed by atoms with Gasteiger partial charge in [0.15, 0.2) is 11.0 Å². The van der Waals surface area contributed by atoms with Gasteiger partial charge in [-0.25, -0.2) is 19.3 Å². The van der Waals surface area contributed by atoms with Crippen molar-refractivity contribution < 1.29 is 4.39 Å². The molecule has 3 rings (SSSR count). The van der Waals surface area contributed by atoms with Crippen LogP contribution in [0.1, 0.15) is 17.3 Å². The van der Waals surface area contributed by atoms with Crippen LogP contribution in [0.4, 0.5) is 4.39 Å². The number of H-pyrrole nitrogens is 1. The topological polar surface area (TPSA) is 54.5 Å². The number of benzene rings is 1. The Morgan fingerprint density at radius 2 is 2.00 bits per heavy atom. The normalized spacial score (nSPS) is 11.1. The maximum Gasteiger partial charge on any atom is 0.181 e. The van der Waals surface area contributed by atoms with Gasteiger partial charge in [0.05, 0.1) is 23.1 Å². The minimum atomic E-state index is -0.574. The second-order valence-corrected chi connectivity index (χ2v) is 4.57. The lowest BCUT2D eigenvalue weighted by Gasteiger charge is -2.01. The lowest BCUT2D eigenvalue weighted by Crippen LogP contribution is -2.03. The monoisotopic (exact) mass is 276 g/mol. The van der Waals surface area contributed by atoms with E-state index in [2.05, 4.69) is 19.9 Å². The minimum Gasteiger partial charge on any atom is -0.342 e. The zero-order chi connectivity index (χ0) is 13.4. The van der Waals surface area contributed by atoms with Gasteiger partial charge in [0, 0.05) is 0 Å². The van der Waals surface area contributed by atoms with E-state index in [0.717, 1.165) is 16.9 Å². The van der Waals surface area contributed by atoms with Crippen molar-refractivity contribution >= 4 is 22.6 Å². The molecule has 0 saturated heterocycles. The number of rotatable bonds is 2. The summed E-state index contributed by atoms with van der Waals surface area (Å²) in [5.41, 5.74) is 2.07. The fourth-order valence-corrected chi connectivity index (χ4v) is 2.13. The van der Waals surface area contributed by atoms with E-state index in [-0.39, 0.29) is 10.8 Å². The van der Waals surface area contributed by atoms with Gasteiger partial charge in [-0.2, -0.15) is 0 Å². The van der Waals surface area contributed by atoms with E-state index >= 15 is 0 Å². The van der Waals surface area contributed by atoms with Gasteiger partial charge >= 0.3 is 0 Å². The summed E-state index contributed by atoms with van der Waals surface area (Å²) in [5.74, 6) is 0.598. The first-order valence-corrected chi connectivity index (χ1v) is 6.13. The van der Waals surface area contributed by atoms with Gasteiger partial charge in [0.25, 0.3) is 0 Å². The molecule has 0 atom stereocenters. The molecule has 19 heavy (non-hydrogen) atoms. The molecule has 3 aromatic rings. The quantitative estimate of drug-likeness (QED) is 0.732. The standard InChI is InChI=1S/C13H10ClFN4/c1-7-12(15)13(14)19-10(16-7)6-11-17-8-4-2-3-5-9(8)18-11/h2-5H,6H2,1H3,(H,17,18). The molecule has 0 saturated carbocycles. The largest absolute Gasteiger partial charge is 0.342 e. The molecule has 96 valence electrons. The molecule has 1 N–H and O–H groups in total. The first-order chi connectivity index (χ1) is 9.13. The number of aromatic nitrogens is 4. The number of imidazole rings is 1. The van der Waals surface area contributed by atoms with Gasteiger partial charge in [0.2, 0.25) is 0 Å². The summed E-state index contributed by atoms with van der Waals surface area (Å²) >= 11 is 5.71. The third kappa shape index (κ3) is 2.29. The number of nitrogens with zero attached hydrogens (tertiary/aromatic N) is 3. The van der Waals surface area contributed by atoms with Crippen molar-refractivity contribution in [1.29, 1.82) is 0 Å². The lowest BCUT2D eigenvalue weighted by molar-refractivity contribution is 0.597. The number of fused-ring (bicyclic) bond motifs is 1. The number of para-hydroxylation sites is 2. The predicted molar refractivity (Wildman–Crippen MR) is 70.6 cm³/mol. The summed E-state index contributed by atoms with van der Waals surface area (Å²) in [6, 6.07) is 7.71. The van der Waals surface area contributed by atoms with E-state index in [4.69, 9.17) is 11.6 Å². The van der Waals surface area contributed by atoms with E-state index in [1.165, 1.54) is 0 Å². The molecule has 0 aliphatic heterocycles. The Bertz CT molecular complexity index is 697. The fraction of sp³-hybridized carbons (Fsp3) is 0.154. The SMILES string of the molecule is Cc1nc(Cc2nc3ccccc3[nH]2)nc(Cl)c1F. The molecule has 0 spiro atoms. The zero-order valence-electron chi connectivity index (χ0n) is 10.1. The van der Waals surface area contributed by atoms with Gasteiger partial charge < -0.3 is 4.98 Å². The maximum absolute atomic E-state index is 13.3. The molecule has 0 unspecified atom stereocenters. The number of nitrogens with one attached hydrogen (secondary N) is 1. The van der Waals surface area contributed by atoms with Crippen molar-refractivity contribution in [3.63, 3.8) is 0 Å². The molecule has 0 amide bonds. The van der Waals surface area contributed by atoms with Crippen molar-refractivity contribution in [2.45, 2.75) is 13.3 Å². The average Bonchev–Trinajstić information content (AvgIpc) is 2.78. The summed E-state index contributed by atoms with van der Waals surface area (Å²) in [6.45, 7) is 1.56. The Hall–Kier alpha value is -2.01. The Morgan fingerprint density at radius 3 is 2.74 bits per heavy atom. The van der Waals surface area contributed by atoms with Gasteiger partial charge in [-0.3, -0.25) is 0 Å². The molecule has 6 heteroatoms. The lowest BCUT2D eigenvalue weighted by atomic mass is 10.3. The van der Waals surface area contributed by atoms with Gasteiger partial charge in [-0.1, -0.05) is 23.7 Å². The van der Waals surface area contributed by atoms with Crippen LogP contribution in [-0.4, -0.2) is 19.9 Å². The van der Waals surface area contributed by atoms with Gasteiger partial charge in [-0.05, 0) is 19.1 Å². The maximum atomic E-state index is 13.3. The fourth-order valence-electron chi connectivity index (χ4n) is 1.90. The average molecular weight is 277 g/mol. The molecule has 0 aliphatic carbocycles. The molecular weight excluding hydrogens is 267 g/mol. The number of halogens is 2. The highest BCUT2D eigenvalue weighted by molar-refractivity contribution is 6.29. The summed E-state index contributed by atoms with van der Waals surface area (Å²) in [4.78, 5) is 15.6. The molecule has 4 nitrogen and oxygen atoms in total. The summed E-state index contributed by atoms with van der Waals surface area (Å²) in [5, 5.41) is -0.154. The van der Waals surface area contributed by atoms with E-state index in [0.29, 0.717) is 12.2 Å². The van der Waals surface area contributed by atoms with E-state index in [9.17, 15) is 4.39 Å². The van der Waals surface area contributed by atoms with Crippen molar-refractivity contribution in [2.75, 3.05) is 0 Å². The number of aryl methyl sites for hydroxylation is 1. The molecular formula is C13H10ClFN4. The molecule has 0 aliphatic rings. The highest BCUT2D eigenvalue weighted by Crippen LogP contribution is 2.16. The zero-order valence-corrected chi connectivity index (χ0v) is 10.9. The molecule has 2 heterocycles. The van der Waals surface area contributed by atoms with Crippen LogP contribution in [0, 0.1) is 12.7 Å². The Kier molecular flexibility index (Phi) is 2.91. The molecule has 0 radical (unpaired) electrons. The smallest absolute Gasteiger partial charge is 0.181 e. The van der Waals surface area contributed by atoms with E-state index in [1.807, 2.05) is 24.3 Å². The minimum absolute atomic E-state index is 0.154. The van der Waals surface area contributed by atoms with Crippen molar-refractivity contribution in [3.05, 3.63) is 52.6 Å². The highest BCUT2D eigenvalue weighted by atomic mass is 35.5. The summed E-state index contributed by atoms with van der Waals surface area (Å²) in [7, 11) is 0. The Balaban J connectivity index is 1.96. The predicted octanol–water partition coefficient (Wildman–Crippen LogP) is 3.04. The van der Waals surface area contributed by atoms with Crippen LogP contribution in [-0.2, 0) is 6.42 Å². The first-order valence-electron chi connectivity index (χ1n) is 5.75.